The van der Waals surface area contributed by atoms with E-state index in [9.17, 15) is 10.1 Å². The smallest absolute Gasteiger partial charge is 0.273 e. The Balaban J connectivity index is 2.04. The highest BCUT2D eigenvalue weighted by atomic mass is 16.6. The van der Waals surface area contributed by atoms with Crippen LogP contribution in [0, 0.1) is 21.4 Å². The monoisotopic (exact) mass is 309 g/mol. The third-order valence-electron chi connectivity index (χ3n) is 3.63. The summed E-state index contributed by atoms with van der Waals surface area (Å²) in [5.41, 5.74) is 3.43. The maximum Gasteiger partial charge on any atom is 0.273 e. The molecule has 1 N–H and O–H groups in total. The van der Waals surface area contributed by atoms with Gasteiger partial charge in [-0.25, -0.2) is 0 Å². The number of rotatable bonds is 6. The third-order valence-corrected chi connectivity index (χ3v) is 3.63. The molecule has 2 rings (SSSR count). The van der Waals surface area contributed by atoms with E-state index in [4.69, 9.17) is 5.26 Å². The van der Waals surface area contributed by atoms with E-state index in [0.29, 0.717) is 18.7 Å². The van der Waals surface area contributed by atoms with Gasteiger partial charge in [-0.1, -0.05) is 38.1 Å². The zero-order valence-electron chi connectivity index (χ0n) is 13.2. The highest BCUT2D eigenvalue weighted by Crippen LogP contribution is 2.27. The topological polar surface area (TPSA) is 79.0 Å². The van der Waals surface area contributed by atoms with Crippen molar-refractivity contribution in [3.8, 4) is 6.07 Å². The molecule has 23 heavy (non-hydrogen) atoms. The average Bonchev–Trinajstić information content (AvgIpc) is 2.54. The summed E-state index contributed by atoms with van der Waals surface area (Å²) in [6.45, 7) is 5.04. The Morgan fingerprint density at radius 2 is 1.87 bits per heavy atom. The number of hydrogen-bond acceptors (Lipinski definition) is 4. The maximum absolute atomic E-state index is 11.2. The minimum absolute atomic E-state index is 0.117. The van der Waals surface area contributed by atoms with Crippen LogP contribution in [0.1, 0.15) is 42.0 Å². The Morgan fingerprint density at radius 3 is 2.48 bits per heavy atom. The van der Waals surface area contributed by atoms with Crippen LogP contribution in [0.25, 0.3) is 0 Å². The molecule has 0 aliphatic rings. The van der Waals surface area contributed by atoms with Gasteiger partial charge in [-0.2, -0.15) is 5.26 Å². The van der Waals surface area contributed by atoms with Crippen molar-refractivity contribution in [1.29, 1.82) is 5.26 Å². The molecule has 0 amide bonds. The van der Waals surface area contributed by atoms with Crippen molar-refractivity contribution in [1.82, 2.24) is 5.32 Å². The van der Waals surface area contributed by atoms with Crippen LogP contribution in [-0.4, -0.2) is 4.92 Å². The van der Waals surface area contributed by atoms with E-state index in [2.05, 4.69) is 11.4 Å². The molecule has 0 spiro atoms. The number of nitro benzene ring substituents is 1. The number of nitrogens with one attached hydrogen (secondary N) is 1. The van der Waals surface area contributed by atoms with E-state index < -0.39 is 0 Å². The van der Waals surface area contributed by atoms with Crippen molar-refractivity contribution in [2.75, 3.05) is 0 Å². The van der Waals surface area contributed by atoms with Crippen LogP contribution in [-0.2, 0) is 13.1 Å². The minimum atomic E-state index is -0.324. The SMILES string of the molecule is CC(C)c1ccc(CNCc2cccc(C#N)c2)cc1[N+](=O)[O-]. The fourth-order valence-corrected chi connectivity index (χ4v) is 2.45. The van der Waals surface area contributed by atoms with Crippen molar-refractivity contribution in [2.24, 2.45) is 0 Å². The van der Waals surface area contributed by atoms with Gasteiger partial charge in [0.05, 0.1) is 16.6 Å². The molecule has 0 unspecified atom stereocenters. The molecular formula is C18H19N3O2. The molecule has 118 valence electrons. The van der Waals surface area contributed by atoms with Gasteiger partial charge in [0.1, 0.15) is 0 Å². The first kappa shape index (κ1) is 16.7. The Bertz CT molecular complexity index is 748. The lowest BCUT2D eigenvalue weighted by Gasteiger charge is -2.09. The van der Waals surface area contributed by atoms with Gasteiger partial charge in [-0.05, 0) is 29.2 Å². The van der Waals surface area contributed by atoms with Crippen LogP contribution in [0.4, 0.5) is 5.69 Å². The molecule has 5 nitrogen and oxygen atoms in total. The number of nitrogens with zero attached hydrogens (tertiary/aromatic N) is 2. The predicted molar refractivity (Wildman–Crippen MR) is 88.9 cm³/mol. The summed E-state index contributed by atoms with van der Waals surface area (Å²) in [7, 11) is 0. The zero-order chi connectivity index (χ0) is 16.8. The van der Waals surface area contributed by atoms with Crippen molar-refractivity contribution >= 4 is 5.69 Å². The van der Waals surface area contributed by atoms with Crippen LogP contribution < -0.4 is 5.32 Å². The minimum Gasteiger partial charge on any atom is -0.309 e. The molecule has 0 atom stereocenters. The Kier molecular flexibility index (Phi) is 5.45. The van der Waals surface area contributed by atoms with Crippen molar-refractivity contribution < 1.29 is 4.92 Å². The summed E-state index contributed by atoms with van der Waals surface area (Å²) >= 11 is 0. The molecular weight excluding hydrogens is 290 g/mol. The Morgan fingerprint density at radius 1 is 1.17 bits per heavy atom. The second kappa shape index (κ2) is 7.52. The molecule has 0 saturated heterocycles. The van der Waals surface area contributed by atoms with E-state index in [0.717, 1.165) is 16.7 Å². The standard InChI is InChI=1S/C18H19N3O2/c1-13(2)17-7-6-16(9-18(17)21(22)23)12-20-11-15-5-3-4-14(8-15)10-19/h3-9,13,20H,11-12H2,1-2H3. The van der Waals surface area contributed by atoms with Gasteiger partial charge >= 0.3 is 0 Å². The summed E-state index contributed by atoms with van der Waals surface area (Å²) in [5.74, 6) is 0.117. The normalized spacial score (nSPS) is 10.5. The van der Waals surface area contributed by atoms with Crippen molar-refractivity contribution in [3.05, 3.63) is 74.8 Å². The van der Waals surface area contributed by atoms with Gasteiger partial charge in [0, 0.05) is 24.7 Å². The number of hydrogen-bond donors (Lipinski definition) is 1. The number of benzene rings is 2. The van der Waals surface area contributed by atoms with Gasteiger partial charge in [0.15, 0.2) is 0 Å². The molecule has 5 heteroatoms. The summed E-state index contributed by atoms with van der Waals surface area (Å²) in [4.78, 5) is 10.9. The van der Waals surface area contributed by atoms with Gasteiger partial charge in [-0.15, -0.1) is 0 Å². The van der Waals surface area contributed by atoms with Crippen molar-refractivity contribution in [3.63, 3.8) is 0 Å². The summed E-state index contributed by atoms with van der Waals surface area (Å²) in [6.07, 6.45) is 0. The first-order valence-electron chi connectivity index (χ1n) is 7.48. The van der Waals surface area contributed by atoms with E-state index in [1.165, 1.54) is 0 Å². The molecule has 0 heterocycles. The van der Waals surface area contributed by atoms with E-state index in [-0.39, 0.29) is 16.5 Å². The molecule has 0 aliphatic carbocycles. The molecule has 0 fully saturated rings. The molecule has 0 saturated carbocycles. The third kappa shape index (κ3) is 4.38. The summed E-state index contributed by atoms with van der Waals surface area (Å²) in [5, 5.41) is 23.3. The zero-order valence-corrected chi connectivity index (χ0v) is 13.2. The van der Waals surface area contributed by atoms with Crippen molar-refractivity contribution in [2.45, 2.75) is 32.9 Å². The van der Waals surface area contributed by atoms with Crippen LogP contribution >= 0.6 is 0 Å². The summed E-state index contributed by atoms with van der Waals surface area (Å²) in [6, 6.07) is 14.9. The fraction of sp³-hybridized carbons (Fsp3) is 0.278. The van der Waals surface area contributed by atoms with Crippen LogP contribution in [0.5, 0.6) is 0 Å². The highest BCUT2D eigenvalue weighted by Gasteiger charge is 2.16. The Labute approximate surface area is 135 Å². The first-order chi connectivity index (χ1) is 11.0. The lowest BCUT2D eigenvalue weighted by molar-refractivity contribution is -0.385. The van der Waals surface area contributed by atoms with E-state index >= 15 is 0 Å². The molecule has 0 radical (unpaired) electrons. The predicted octanol–water partition coefficient (Wildman–Crippen LogP) is 3.88. The van der Waals surface area contributed by atoms with Gasteiger partial charge in [0.25, 0.3) is 5.69 Å². The summed E-state index contributed by atoms with van der Waals surface area (Å²) < 4.78 is 0. The molecule has 0 bridgehead atoms. The molecule has 0 aromatic heterocycles. The van der Waals surface area contributed by atoms with Gasteiger partial charge in [0.2, 0.25) is 0 Å². The average molecular weight is 309 g/mol. The number of nitro groups is 1. The second-order valence-electron chi connectivity index (χ2n) is 5.72. The Hall–Kier alpha value is -2.71. The van der Waals surface area contributed by atoms with Gasteiger partial charge < -0.3 is 5.32 Å². The lowest BCUT2D eigenvalue weighted by atomic mass is 9.99. The number of nitriles is 1. The lowest BCUT2D eigenvalue weighted by Crippen LogP contribution is -2.13. The maximum atomic E-state index is 11.2. The quantitative estimate of drug-likeness (QED) is 0.648. The van der Waals surface area contributed by atoms with Crippen LogP contribution in [0.3, 0.4) is 0 Å². The molecule has 2 aromatic rings. The van der Waals surface area contributed by atoms with E-state index in [1.54, 1.807) is 12.1 Å². The fourth-order valence-electron chi connectivity index (χ4n) is 2.45. The van der Waals surface area contributed by atoms with Crippen LogP contribution in [0.2, 0.25) is 0 Å². The van der Waals surface area contributed by atoms with E-state index in [1.807, 2.05) is 44.2 Å². The molecule has 2 aromatic carbocycles. The highest BCUT2D eigenvalue weighted by molar-refractivity contribution is 5.45. The largest absolute Gasteiger partial charge is 0.309 e. The van der Waals surface area contributed by atoms with Crippen LogP contribution in [0.15, 0.2) is 42.5 Å². The molecule has 0 aliphatic heterocycles. The first-order valence-corrected chi connectivity index (χ1v) is 7.48. The van der Waals surface area contributed by atoms with Gasteiger partial charge in [-0.3, -0.25) is 10.1 Å². The second-order valence-corrected chi connectivity index (χ2v) is 5.72.